The van der Waals surface area contributed by atoms with Gasteiger partial charge in [0.2, 0.25) is 0 Å². The Morgan fingerprint density at radius 2 is 1.19 bits per heavy atom. The largest absolute Gasteiger partial charge is 0.310 e. The van der Waals surface area contributed by atoms with Gasteiger partial charge < -0.3 is 4.90 Å². The fourth-order valence-electron chi connectivity index (χ4n) is 7.68. The van der Waals surface area contributed by atoms with Crippen LogP contribution in [-0.2, 0) is 0 Å². The third kappa shape index (κ3) is 4.79. The Hall–Kier alpha value is -5.92. The molecule has 9 rings (SSSR count). The molecule has 0 aliphatic heterocycles. The lowest BCUT2D eigenvalue weighted by Gasteiger charge is -2.28. The molecule has 0 fully saturated rings. The van der Waals surface area contributed by atoms with Crippen LogP contribution in [0, 0.1) is 0 Å². The van der Waals surface area contributed by atoms with Crippen LogP contribution in [-0.4, -0.2) is 0 Å². The fraction of sp³-hybridized carbons (Fsp3) is 0.0638. The van der Waals surface area contributed by atoms with Crippen LogP contribution in [0.2, 0.25) is 0 Å². The molecule has 1 heteroatoms. The lowest BCUT2D eigenvalue weighted by atomic mass is 9.84. The highest BCUT2D eigenvalue weighted by Gasteiger charge is 2.20. The van der Waals surface area contributed by atoms with Crippen molar-refractivity contribution in [2.75, 3.05) is 4.90 Å². The zero-order valence-electron chi connectivity index (χ0n) is 27.0. The van der Waals surface area contributed by atoms with Gasteiger partial charge in [-0.3, -0.25) is 0 Å². The molecule has 0 amide bonds. The summed E-state index contributed by atoms with van der Waals surface area (Å²) >= 11 is 0. The van der Waals surface area contributed by atoms with E-state index in [0.717, 1.165) is 23.5 Å². The summed E-state index contributed by atoms with van der Waals surface area (Å²) in [4.78, 5) is 2.42. The monoisotopic (exact) mass is 613 g/mol. The Morgan fingerprint density at radius 3 is 2.08 bits per heavy atom. The first-order valence-corrected chi connectivity index (χ1v) is 16.9. The number of rotatable bonds is 5. The molecule has 0 saturated carbocycles. The van der Waals surface area contributed by atoms with Gasteiger partial charge in [-0.1, -0.05) is 153 Å². The van der Waals surface area contributed by atoms with Crippen molar-refractivity contribution in [3.63, 3.8) is 0 Å². The zero-order chi connectivity index (χ0) is 32.0. The van der Waals surface area contributed by atoms with Gasteiger partial charge in [0.05, 0.1) is 5.69 Å². The SMILES string of the molecule is CC1CC=Cc2c1ccc1ccc3cc(N(c4ccc(-c5cccc6ccccc56)cc4)c4ccccc4-c4ccccc4)ccc3c21. The zero-order valence-corrected chi connectivity index (χ0v) is 27.0. The minimum absolute atomic E-state index is 0.533. The summed E-state index contributed by atoms with van der Waals surface area (Å²) in [5, 5.41) is 7.72. The molecule has 1 aliphatic carbocycles. The van der Waals surface area contributed by atoms with Gasteiger partial charge in [0.15, 0.2) is 0 Å². The summed E-state index contributed by atoms with van der Waals surface area (Å²) in [6.07, 6.45) is 5.78. The summed E-state index contributed by atoms with van der Waals surface area (Å²) in [5.41, 5.74) is 11.1. The van der Waals surface area contributed by atoms with E-state index in [-0.39, 0.29) is 0 Å². The van der Waals surface area contributed by atoms with E-state index >= 15 is 0 Å². The molecule has 0 N–H and O–H groups in total. The minimum Gasteiger partial charge on any atom is -0.310 e. The van der Waals surface area contributed by atoms with E-state index in [1.165, 1.54) is 65.7 Å². The van der Waals surface area contributed by atoms with Crippen molar-refractivity contribution >= 4 is 55.5 Å². The third-order valence-electron chi connectivity index (χ3n) is 10.1. The second kappa shape index (κ2) is 11.7. The van der Waals surface area contributed by atoms with Gasteiger partial charge in [0.25, 0.3) is 0 Å². The maximum Gasteiger partial charge on any atom is 0.0540 e. The van der Waals surface area contributed by atoms with Crippen molar-refractivity contribution in [1.82, 2.24) is 0 Å². The van der Waals surface area contributed by atoms with Crippen LogP contribution in [0.3, 0.4) is 0 Å². The average Bonchev–Trinajstić information content (AvgIpc) is 3.15. The van der Waals surface area contributed by atoms with Crippen LogP contribution >= 0.6 is 0 Å². The van der Waals surface area contributed by atoms with Crippen LogP contribution < -0.4 is 4.90 Å². The van der Waals surface area contributed by atoms with Gasteiger partial charge in [-0.15, -0.1) is 0 Å². The van der Waals surface area contributed by atoms with Gasteiger partial charge in [-0.25, -0.2) is 0 Å². The van der Waals surface area contributed by atoms with Crippen molar-refractivity contribution in [2.45, 2.75) is 19.3 Å². The number of allylic oxidation sites excluding steroid dienone is 1. The van der Waals surface area contributed by atoms with Gasteiger partial charge in [-0.2, -0.15) is 0 Å². The van der Waals surface area contributed by atoms with Crippen LogP contribution in [0.25, 0.3) is 60.6 Å². The molecular weight excluding hydrogens is 579 g/mol. The molecule has 0 spiro atoms. The number of nitrogens with zero attached hydrogens (tertiary/aromatic N) is 1. The maximum absolute atomic E-state index is 2.42. The number of para-hydroxylation sites is 1. The summed E-state index contributed by atoms with van der Waals surface area (Å²) in [5.74, 6) is 0.533. The number of hydrogen-bond acceptors (Lipinski definition) is 1. The van der Waals surface area contributed by atoms with Gasteiger partial charge in [-0.05, 0) is 103 Å². The molecule has 1 aliphatic rings. The summed E-state index contributed by atoms with van der Waals surface area (Å²) in [6.45, 7) is 2.34. The molecule has 1 unspecified atom stereocenters. The number of fused-ring (bicyclic) bond motifs is 6. The quantitative estimate of drug-likeness (QED) is 0.175. The Balaban J connectivity index is 1.23. The van der Waals surface area contributed by atoms with Crippen molar-refractivity contribution in [3.8, 4) is 22.3 Å². The van der Waals surface area contributed by atoms with E-state index in [0.29, 0.717) is 5.92 Å². The van der Waals surface area contributed by atoms with E-state index in [1.807, 2.05) is 0 Å². The van der Waals surface area contributed by atoms with Crippen LogP contribution in [0.15, 0.2) is 170 Å². The number of anilines is 3. The van der Waals surface area contributed by atoms with Crippen LogP contribution in [0.1, 0.15) is 30.4 Å². The summed E-state index contributed by atoms with van der Waals surface area (Å²) in [6, 6.07) is 60.0. The van der Waals surface area contributed by atoms with E-state index in [9.17, 15) is 0 Å². The van der Waals surface area contributed by atoms with E-state index in [2.05, 4.69) is 188 Å². The molecular formula is C47H35N. The van der Waals surface area contributed by atoms with E-state index in [1.54, 1.807) is 0 Å². The Labute approximate surface area is 282 Å². The Bertz CT molecular complexity index is 2480. The molecule has 0 bridgehead atoms. The van der Waals surface area contributed by atoms with Gasteiger partial charge in [0.1, 0.15) is 0 Å². The standard InChI is InChI=1S/C47H35N/c1-32-11-9-19-45-40(32)29-25-36-21-22-37-31-39(28-30-44(37)47(36)45)48(46-20-8-7-17-43(46)34-12-3-2-4-13-34)38-26-23-35(24-27-38)42-18-10-15-33-14-5-6-16-41(33)42/h2-10,12-32H,11H2,1H3. The highest BCUT2D eigenvalue weighted by Crippen LogP contribution is 2.44. The normalized spacial score (nSPS) is 14.0. The molecule has 8 aromatic carbocycles. The molecule has 0 aromatic heterocycles. The highest BCUT2D eigenvalue weighted by molar-refractivity contribution is 6.13. The summed E-state index contributed by atoms with van der Waals surface area (Å²) in [7, 11) is 0. The number of hydrogen-bond donors (Lipinski definition) is 0. The molecule has 1 nitrogen and oxygen atoms in total. The fourth-order valence-corrected chi connectivity index (χ4v) is 7.68. The molecule has 48 heavy (non-hydrogen) atoms. The average molecular weight is 614 g/mol. The lowest BCUT2D eigenvalue weighted by molar-refractivity contribution is 0.774. The maximum atomic E-state index is 2.42. The molecule has 1 atom stereocenters. The van der Waals surface area contributed by atoms with Crippen LogP contribution in [0.4, 0.5) is 17.1 Å². The second-order valence-corrected chi connectivity index (χ2v) is 13.0. The van der Waals surface area contributed by atoms with E-state index in [4.69, 9.17) is 0 Å². The second-order valence-electron chi connectivity index (χ2n) is 13.0. The Kier molecular flexibility index (Phi) is 6.91. The molecule has 8 aromatic rings. The van der Waals surface area contributed by atoms with Crippen molar-refractivity contribution in [1.29, 1.82) is 0 Å². The van der Waals surface area contributed by atoms with Gasteiger partial charge in [0, 0.05) is 16.9 Å². The third-order valence-corrected chi connectivity index (χ3v) is 10.1. The molecule has 0 radical (unpaired) electrons. The first-order valence-electron chi connectivity index (χ1n) is 16.9. The Morgan fingerprint density at radius 1 is 0.500 bits per heavy atom. The van der Waals surface area contributed by atoms with Crippen molar-refractivity contribution in [2.24, 2.45) is 0 Å². The summed E-state index contributed by atoms with van der Waals surface area (Å²) < 4.78 is 0. The first kappa shape index (κ1) is 28.3. The van der Waals surface area contributed by atoms with Gasteiger partial charge >= 0.3 is 0 Å². The number of benzene rings is 8. The molecule has 0 saturated heterocycles. The molecule has 0 heterocycles. The topological polar surface area (TPSA) is 3.24 Å². The van der Waals surface area contributed by atoms with Crippen molar-refractivity contribution in [3.05, 3.63) is 181 Å². The minimum atomic E-state index is 0.533. The first-order chi connectivity index (χ1) is 23.7. The smallest absolute Gasteiger partial charge is 0.0540 e. The predicted octanol–water partition coefficient (Wildman–Crippen LogP) is 13.5. The van der Waals surface area contributed by atoms with E-state index < -0.39 is 0 Å². The highest BCUT2D eigenvalue weighted by atomic mass is 15.1. The predicted molar refractivity (Wildman–Crippen MR) is 207 cm³/mol. The molecule has 228 valence electrons. The van der Waals surface area contributed by atoms with Crippen molar-refractivity contribution < 1.29 is 0 Å². The lowest BCUT2D eigenvalue weighted by Crippen LogP contribution is -2.11. The van der Waals surface area contributed by atoms with Crippen LogP contribution in [0.5, 0.6) is 0 Å².